The molecule has 3 heterocycles. The number of nitrogens with zero attached hydrogens (tertiary/aromatic N) is 1. The summed E-state index contributed by atoms with van der Waals surface area (Å²) in [5.41, 5.74) is 3.04. The average Bonchev–Trinajstić information content (AvgIpc) is 3.32. The summed E-state index contributed by atoms with van der Waals surface area (Å²) in [6.07, 6.45) is 3.51. The van der Waals surface area contributed by atoms with Crippen LogP contribution >= 0.6 is 0 Å². The number of H-pyrrole nitrogens is 2. The van der Waals surface area contributed by atoms with Gasteiger partial charge in [-0.15, -0.1) is 0 Å². The Balaban J connectivity index is 2.00. The van der Waals surface area contributed by atoms with Crippen LogP contribution in [0.15, 0.2) is 42.7 Å². The zero-order valence-electron chi connectivity index (χ0n) is 13.9. The van der Waals surface area contributed by atoms with Crippen molar-refractivity contribution < 1.29 is 14.3 Å². The summed E-state index contributed by atoms with van der Waals surface area (Å²) in [7, 11) is 1.60. The minimum Gasteiger partial charge on any atom is -0.497 e. The Bertz CT molecular complexity index is 1010. The fourth-order valence-corrected chi connectivity index (χ4v) is 3.28. The van der Waals surface area contributed by atoms with Crippen LogP contribution < -0.4 is 4.74 Å². The highest BCUT2D eigenvalue weighted by Crippen LogP contribution is 2.38. The van der Waals surface area contributed by atoms with Crippen LogP contribution in [0.25, 0.3) is 22.0 Å². The molecule has 0 atom stereocenters. The number of likely N-dealkylation sites (N-methyl/N-ethyl adjacent to an activating group) is 1. The maximum Gasteiger partial charge on any atom is 0.263 e. The third-order valence-electron chi connectivity index (χ3n) is 4.51. The van der Waals surface area contributed by atoms with Gasteiger partial charge < -0.3 is 14.7 Å². The van der Waals surface area contributed by atoms with Crippen molar-refractivity contribution in [1.82, 2.24) is 14.9 Å². The molecule has 2 amide bonds. The fourth-order valence-electron chi connectivity index (χ4n) is 3.28. The Kier molecular flexibility index (Phi) is 3.46. The van der Waals surface area contributed by atoms with Gasteiger partial charge in [0.25, 0.3) is 11.8 Å². The first-order valence-corrected chi connectivity index (χ1v) is 8.05. The van der Waals surface area contributed by atoms with Crippen molar-refractivity contribution in [2.24, 2.45) is 0 Å². The number of aromatic nitrogens is 2. The normalized spacial score (nSPS) is 14.9. The number of carbonyl (C=O) groups is 2. The summed E-state index contributed by atoms with van der Waals surface area (Å²) in [5.74, 6) is 0.141. The second-order valence-electron chi connectivity index (χ2n) is 5.80. The quantitative estimate of drug-likeness (QED) is 0.720. The van der Waals surface area contributed by atoms with Crippen molar-refractivity contribution >= 4 is 33.9 Å². The highest BCUT2D eigenvalue weighted by molar-refractivity contribution is 6.49. The second-order valence-corrected chi connectivity index (χ2v) is 5.80. The van der Waals surface area contributed by atoms with Crippen molar-refractivity contribution in [2.45, 2.75) is 6.92 Å². The largest absolute Gasteiger partial charge is 0.497 e. The van der Waals surface area contributed by atoms with E-state index in [2.05, 4.69) is 9.97 Å². The van der Waals surface area contributed by atoms with Gasteiger partial charge in [-0.3, -0.25) is 14.5 Å². The van der Waals surface area contributed by atoms with E-state index in [0.717, 1.165) is 10.9 Å². The first kappa shape index (κ1) is 15.3. The lowest BCUT2D eigenvalue weighted by molar-refractivity contribution is -0.135. The summed E-state index contributed by atoms with van der Waals surface area (Å²) in [5, 5.41) is 0.845. The predicted octanol–water partition coefficient (Wildman–Crippen LogP) is 2.80. The summed E-state index contributed by atoms with van der Waals surface area (Å²) in [6.45, 7) is 2.13. The fraction of sp³-hybridized carbons (Fsp3) is 0.158. The van der Waals surface area contributed by atoms with Gasteiger partial charge in [0.05, 0.1) is 23.9 Å². The maximum atomic E-state index is 12.9. The van der Waals surface area contributed by atoms with Gasteiger partial charge >= 0.3 is 0 Å². The number of benzene rings is 1. The number of rotatable bonds is 4. The van der Waals surface area contributed by atoms with Gasteiger partial charge in [-0.2, -0.15) is 0 Å². The third kappa shape index (κ3) is 2.18. The number of fused-ring (bicyclic) bond motifs is 1. The molecule has 0 spiro atoms. The maximum absolute atomic E-state index is 12.9. The Labute approximate surface area is 144 Å². The van der Waals surface area contributed by atoms with Gasteiger partial charge in [-0.1, -0.05) is 0 Å². The Morgan fingerprint density at radius 3 is 2.56 bits per heavy atom. The van der Waals surface area contributed by atoms with Gasteiger partial charge in [0.1, 0.15) is 5.75 Å². The topological polar surface area (TPSA) is 78.2 Å². The Hall–Kier alpha value is -3.28. The first-order chi connectivity index (χ1) is 12.2. The number of amides is 2. The molecule has 3 aromatic rings. The van der Waals surface area contributed by atoms with Crippen molar-refractivity contribution in [1.29, 1.82) is 0 Å². The molecule has 2 aromatic heterocycles. The zero-order valence-corrected chi connectivity index (χ0v) is 13.9. The van der Waals surface area contributed by atoms with Gasteiger partial charge in [0.2, 0.25) is 0 Å². The summed E-state index contributed by atoms with van der Waals surface area (Å²) in [4.78, 5) is 33.2. The molecule has 0 saturated carbocycles. The van der Waals surface area contributed by atoms with Crippen LogP contribution in [0, 0.1) is 0 Å². The van der Waals surface area contributed by atoms with Gasteiger partial charge in [-0.25, -0.2) is 0 Å². The zero-order chi connectivity index (χ0) is 17.6. The molecule has 0 bridgehead atoms. The van der Waals surface area contributed by atoms with Crippen molar-refractivity contribution in [3.8, 4) is 5.75 Å². The van der Waals surface area contributed by atoms with Crippen LogP contribution in [0.5, 0.6) is 5.75 Å². The lowest BCUT2D eigenvalue weighted by Crippen LogP contribution is -2.31. The molecule has 0 aliphatic carbocycles. The van der Waals surface area contributed by atoms with E-state index in [0.29, 0.717) is 34.7 Å². The molecular weight excluding hydrogens is 318 g/mol. The number of methoxy groups -OCH3 is 1. The summed E-state index contributed by atoms with van der Waals surface area (Å²) < 4.78 is 5.30. The molecule has 2 N–H and O–H groups in total. The summed E-state index contributed by atoms with van der Waals surface area (Å²) >= 11 is 0. The van der Waals surface area contributed by atoms with Crippen LogP contribution in [-0.4, -0.2) is 40.3 Å². The molecule has 6 nitrogen and oxygen atoms in total. The van der Waals surface area contributed by atoms with E-state index in [1.54, 1.807) is 32.5 Å². The van der Waals surface area contributed by atoms with Crippen LogP contribution in [0.2, 0.25) is 0 Å². The van der Waals surface area contributed by atoms with Gasteiger partial charge in [0, 0.05) is 35.4 Å². The van der Waals surface area contributed by atoms with E-state index in [-0.39, 0.29) is 11.8 Å². The molecular formula is C19H17N3O3. The van der Waals surface area contributed by atoms with E-state index in [1.165, 1.54) is 4.90 Å². The highest BCUT2D eigenvalue weighted by Gasteiger charge is 2.39. The third-order valence-corrected chi connectivity index (χ3v) is 4.51. The monoisotopic (exact) mass is 335 g/mol. The molecule has 6 heteroatoms. The van der Waals surface area contributed by atoms with Crippen LogP contribution in [0.1, 0.15) is 18.2 Å². The molecule has 0 radical (unpaired) electrons. The van der Waals surface area contributed by atoms with Gasteiger partial charge in [0.15, 0.2) is 0 Å². The van der Waals surface area contributed by atoms with Crippen molar-refractivity contribution in [3.05, 3.63) is 54.0 Å². The first-order valence-electron chi connectivity index (χ1n) is 8.05. The van der Waals surface area contributed by atoms with E-state index in [9.17, 15) is 9.59 Å². The number of nitrogens with one attached hydrogen (secondary N) is 2. The van der Waals surface area contributed by atoms with E-state index in [4.69, 9.17) is 4.74 Å². The second kappa shape index (κ2) is 5.66. The SMILES string of the molecule is CCN1C(=O)C(c2ccc[nH]2)=C(c2c[nH]c3ccc(OC)cc23)C1=O. The molecule has 25 heavy (non-hydrogen) atoms. The number of hydrogen-bond donors (Lipinski definition) is 2. The molecule has 1 aromatic carbocycles. The van der Waals surface area contributed by atoms with E-state index in [1.807, 2.05) is 24.3 Å². The molecule has 4 rings (SSSR count). The number of carbonyl (C=O) groups excluding carboxylic acids is 2. The predicted molar refractivity (Wildman–Crippen MR) is 94.9 cm³/mol. The molecule has 0 saturated heterocycles. The van der Waals surface area contributed by atoms with Crippen molar-refractivity contribution in [2.75, 3.05) is 13.7 Å². The Morgan fingerprint density at radius 1 is 1.08 bits per heavy atom. The van der Waals surface area contributed by atoms with E-state index >= 15 is 0 Å². The average molecular weight is 335 g/mol. The lowest BCUT2D eigenvalue weighted by atomic mass is 9.99. The van der Waals surface area contributed by atoms with Crippen LogP contribution in [0.3, 0.4) is 0 Å². The number of aromatic amines is 2. The Morgan fingerprint density at radius 2 is 1.88 bits per heavy atom. The lowest BCUT2D eigenvalue weighted by Gasteiger charge is -2.11. The van der Waals surface area contributed by atoms with Gasteiger partial charge in [-0.05, 0) is 37.3 Å². The number of imide groups is 1. The van der Waals surface area contributed by atoms with Crippen LogP contribution in [0.4, 0.5) is 0 Å². The molecule has 0 fully saturated rings. The molecule has 126 valence electrons. The minimum absolute atomic E-state index is 0.276. The summed E-state index contributed by atoms with van der Waals surface area (Å²) in [6, 6.07) is 9.22. The standard InChI is InChI=1S/C19H17N3O3/c1-3-22-18(23)16(17(19(22)24)15-5-4-8-20-15)13-10-21-14-7-6-11(25-2)9-12(13)14/h4-10,20-21H,3H2,1-2H3. The van der Waals surface area contributed by atoms with Crippen LogP contribution in [-0.2, 0) is 9.59 Å². The molecule has 1 aliphatic heterocycles. The highest BCUT2D eigenvalue weighted by atomic mass is 16.5. The smallest absolute Gasteiger partial charge is 0.263 e. The van der Waals surface area contributed by atoms with Crippen molar-refractivity contribution in [3.63, 3.8) is 0 Å². The number of ether oxygens (including phenoxy) is 1. The van der Waals surface area contributed by atoms with E-state index < -0.39 is 0 Å². The molecule has 1 aliphatic rings. The number of hydrogen-bond acceptors (Lipinski definition) is 3. The molecule has 0 unspecified atom stereocenters. The minimum atomic E-state index is -0.277.